The first-order valence-electron chi connectivity index (χ1n) is 6.81. The summed E-state index contributed by atoms with van der Waals surface area (Å²) < 4.78 is 13.4. The standard InChI is InChI=1S/C14H23FN4/c1-3-4-5-6-9-18-14(16-2)19-11-13-12(15)8-7-10-17-13/h7-8,10H,3-6,9,11H2,1-2H3,(H2,16,18,19). The monoisotopic (exact) mass is 266 g/mol. The lowest BCUT2D eigenvalue weighted by atomic mass is 10.2. The van der Waals surface area contributed by atoms with Gasteiger partial charge in [0.05, 0.1) is 12.2 Å². The van der Waals surface area contributed by atoms with Gasteiger partial charge < -0.3 is 10.6 Å². The molecule has 0 aliphatic rings. The van der Waals surface area contributed by atoms with Crippen molar-refractivity contribution < 1.29 is 4.39 Å². The van der Waals surface area contributed by atoms with Crippen molar-refractivity contribution in [2.45, 2.75) is 39.2 Å². The van der Waals surface area contributed by atoms with Gasteiger partial charge >= 0.3 is 0 Å². The van der Waals surface area contributed by atoms with E-state index < -0.39 is 0 Å². The fraction of sp³-hybridized carbons (Fsp3) is 0.571. The number of nitrogens with one attached hydrogen (secondary N) is 2. The van der Waals surface area contributed by atoms with Crippen LogP contribution in [-0.2, 0) is 6.54 Å². The summed E-state index contributed by atoms with van der Waals surface area (Å²) in [6, 6.07) is 2.99. The van der Waals surface area contributed by atoms with Gasteiger partial charge in [-0.3, -0.25) is 9.98 Å². The SMILES string of the molecule is CCCCCCNC(=NC)NCc1ncccc1F. The highest BCUT2D eigenvalue weighted by Gasteiger charge is 2.03. The lowest BCUT2D eigenvalue weighted by molar-refractivity contribution is 0.591. The molecule has 0 aromatic carbocycles. The number of hydrogen-bond donors (Lipinski definition) is 2. The quantitative estimate of drug-likeness (QED) is 0.453. The first-order chi connectivity index (χ1) is 9.27. The Bertz CT molecular complexity index is 393. The molecule has 0 fully saturated rings. The van der Waals surface area contributed by atoms with Crippen LogP contribution in [0.5, 0.6) is 0 Å². The predicted octanol–water partition coefficient (Wildman–Crippen LogP) is 2.47. The highest BCUT2D eigenvalue weighted by Crippen LogP contribution is 2.01. The van der Waals surface area contributed by atoms with Crippen molar-refractivity contribution in [2.75, 3.05) is 13.6 Å². The summed E-state index contributed by atoms with van der Waals surface area (Å²) in [5.74, 6) is 0.384. The van der Waals surface area contributed by atoms with Gasteiger partial charge in [-0.2, -0.15) is 0 Å². The Labute approximate surface area is 114 Å². The van der Waals surface area contributed by atoms with Crippen molar-refractivity contribution in [1.82, 2.24) is 15.6 Å². The van der Waals surface area contributed by atoms with Crippen LogP contribution in [0.2, 0.25) is 0 Å². The van der Waals surface area contributed by atoms with E-state index in [-0.39, 0.29) is 5.82 Å². The molecule has 1 heterocycles. The minimum Gasteiger partial charge on any atom is -0.356 e. The van der Waals surface area contributed by atoms with E-state index in [2.05, 4.69) is 27.5 Å². The summed E-state index contributed by atoms with van der Waals surface area (Å²) >= 11 is 0. The molecule has 19 heavy (non-hydrogen) atoms. The molecule has 0 amide bonds. The van der Waals surface area contributed by atoms with Gasteiger partial charge in [0.25, 0.3) is 0 Å². The fourth-order valence-electron chi connectivity index (χ4n) is 1.70. The van der Waals surface area contributed by atoms with E-state index >= 15 is 0 Å². The number of aromatic nitrogens is 1. The predicted molar refractivity (Wildman–Crippen MR) is 76.5 cm³/mol. The fourth-order valence-corrected chi connectivity index (χ4v) is 1.70. The van der Waals surface area contributed by atoms with Crippen LogP contribution in [0.3, 0.4) is 0 Å². The van der Waals surface area contributed by atoms with Gasteiger partial charge in [-0.15, -0.1) is 0 Å². The topological polar surface area (TPSA) is 49.3 Å². The third-order valence-electron chi connectivity index (χ3n) is 2.80. The van der Waals surface area contributed by atoms with E-state index in [4.69, 9.17) is 0 Å². The van der Waals surface area contributed by atoms with Gasteiger partial charge in [-0.05, 0) is 18.6 Å². The van der Waals surface area contributed by atoms with E-state index in [0.29, 0.717) is 18.2 Å². The van der Waals surface area contributed by atoms with Crippen LogP contribution in [0, 0.1) is 5.82 Å². The number of halogens is 1. The van der Waals surface area contributed by atoms with Gasteiger partial charge in [0, 0.05) is 19.8 Å². The molecule has 0 unspecified atom stereocenters. The Morgan fingerprint density at radius 2 is 2.16 bits per heavy atom. The van der Waals surface area contributed by atoms with Crippen LogP contribution in [0.25, 0.3) is 0 Å². The Hall–Kier alpha value is -1.65. The van der Waals surface area contributed by atoms with Crippen molar-refractivity contribution in [3.63, 3.8) is 0 Å². The van der Waals surface area contributed by atoms with E-state index in [9.17, 15) is 4.39 Å². The molecule has 0 atom stereocenters. The second kappa shape index (κ2) is 9.30. The maximum Gasteiger partial charge on any atom is 0.191 e. The second-order valence-corrected chi connectivity index (χ2v) is 4.35. The molecule has 4 nitrogen and oxygen atoms in total. The number of aliphatic imine (C=N–C) groups is 1. The largest absolute Gasteiger partial charge is 0.356 e. The minimum atomic E-state index is -0.298. The summed E-state index contributed by atoms with van der Waals surface area (Å²) in [5.41, 5.74) is 0.399. The first-order valence-corrected chi connectivity index (χ1v) is 6.81. The van der Waals surface area contributed by atoms with Crippen LogP contribution in [0.1, 0.15) is 38.3 Å². The Kier molecular flexibility index (Phi) is 7.54. The minimum absolute atomic E-state index is 0.298. The first kappa shape index (κ1) is 15.4. The maximum atomic E-state index is 13.4. The van der Waals surface area contributed by atoms with Gasteiger partial charge in [-0.25, -0.2) is 4.39 Å². The molecule has 1 aromatic rings. The van der Waals surface area contributed by atoms with Gasteiger partial charge in [0.1, 0.15) is 5.82 Å². The normalized spacial score (nSPS) is 11.4. The van der Waals surface area contributed by atoms with Crippen molar-refractivity contribution >= 4 is 5.96 Å². The second-order valence-electron chi connectivity index (χ2n) is 4.35. The zero-order valence-corrected chi connectivity index (χ0v) is 11.7. The number of nitrogens with zero attached hydrogens (tertiary/aromatic N) is 2. The average molecular weight is 266 g/mol. The molecule has 0 aliphatic heterocycles. The molecule has 1 rings (SSSR count). The molecule has 1 aromatic heterocycles. The summed E-state index contributed by atoms with van der Waals surface area (Å²) in [6.45, 7) is 3.40. The number of unbranched alkanes of at least 4 members (excludes halogenated alkanes) is 3. The number of pyridine rings is 1. The summed E-state index contributed by atoms with van der Waals surface area (Å²) in [7, 11) is 1.70. The summed E-state index contributed by atoms with van der Waals surface area (Å²) in [6.07, 6.45) is 6.40. The average Bonchev–Trinajstić information content (AvgIpc) is 2.43. The highest BCUT2D eigenvalue weighted by molar-refractivity contribution is 5.79. The lowest BCUT2D eigenvalue weighted by Gasteiger charge is -2.11. The molecule has 0 saturated heterocycles. The molecular formula is C14H23FN4. The van der Waals surface area contributed by atoms with Gasteiger partial charge in [-0.1, -0.05) is 26.2 Å². The zero-order chi connectivity index (χ0) is 13.9. The molecule has 5 heteroatoms. The molecule has 0 saturated carbocycles. The number of guanidine groups is 1. The van der Waals surface area contributed by atoms with Crippen LogP contribution < -0.4 is 10.6 Å². The van der Waals surface area contributed by atoms with Gasteiger partial charge in [0.15, 0.2) is 5.96 Å². The third kappa shape index (κ3) is 6.18. The maximum absolute atomic E-state index is 13.4. The Morgan fingerprint density at radius 1 is 1.32 bits per heavy atom. The molecular weight excluding hydrogens is 243 g/mol. The summed E-state index contributed by atoms with van der Waals surface area (Å²) in [5, 5.41) is 6.26. The van der Waals surface area contributed by atoms with Crippen molar-refractivity contribution in [1.29, 1.82) is 0 Å². The highest BCUT2D eigenvalue weighted by atomic mass is 19.1. The van der Waals surface area contributed by atoms with E-state index in [1.54, 1.807) is 19.3 Å². The molecule has 0 bridgehead atoms. The number of hydrogen-bond acceptors (Lipinski definition) is 2. The summed E-state index contributed by atoms with van der Waals surface area (Å²) in [4.78, 5) is 8.08. The zero-order valence-electron chi connectivity index (χ0n) is 11.7. The van der Waals surface area contributed by atoms with Gasteiger partial charge in [0.2, 0.25) is 0 Å². The Morgan fingerprint density at radius 3 is 2.84 bits per heavy atom. The molecule has 0 spiro atoms. The van der Waals surface area contributed by atoms with Crippen LogP contribution >= 0.6 is 0 Å². The van der Waals surface area contributed by atoms with Crippen molar-refractivity contribution in [3.05, 3.63) is 29.8 Å². The number of rotatable bonds is 7. The van der Waals surface area contributed by atoms with E-state index in [0.717, 1.165) is 13.0 Å². The van der Waals surface area contributed by atoms with Crippen molar-refractivity contribution in [3.8, 4) is 0 Å². The Balaban J connectivity index is 2.28. The lowest BCUT2D eigenvalue weighted by Crippen LogP contribution is -2.37. The van der Waals surface area contributed by atoms with E-state index in [1.807, 2.05) is 0 Å². The van der Waals surface area contributed by atoms with Crippen LogP contribution in [0.4, 0.5) is 4.39 Å². The van der Waals surface area contributed by atoms with Crippen LogP contribution in [-0.4, -0.2) is 24.5 Å². The van der Waals surface area contributed by atoms with E-state index in [1.165, 1.54) is 25.3 Å². The third-order valence-corrected chi connectivity index (χ3v) is 2.80. The van der Waals surface area contributed by atoms with Crippen molar-refractivity contribution in [2.24, 2.45) is 4.99 Å². The smallest absolute Gasteiger partial charge is 0.191 e. The molecule has 0 radical (unpaired) electrons. The molecule has 0 aliphatic carbocycles. The van der Waals surface area contributed by atoms with Crippen LogP contribution in [0.15, 0.2) is 23.3 Å². The molecule has 106 valence electrons. The molecule has 2 N–H and O–H groups in total.